The van der Waals surface area contributed by atoms with Crippen molar-refractivity contribution in [3.8, 4) is 0 Å². The molecule has 6 aromatic rings. The number of hydrogen-bond acceptors (Lipinski definition) is 24. The van der Waals surface area contributed by atoms with Crippen LogP contribution in [0, 0.1) is 0 Å². The molecule has 12 N–H and O–H groups in total. The molecule has 0 aliphatic carbocycles. The molecule has 0 spiro atoms. The number of anilines is 10. The Morgan fingerprint density at radius 3 is 0.887 bits per heavy atom. The molecule has 4 atom stereocenters. The molecule has 4 radical (unpaired) electrons. The minimum Gasteiger partial charge on any atom is -0.392 e. The Bertz CT molecular complexity index is 3310. The molecule has 0 bridgehead atoms. The van der Waals surface area contributed by atoms with E-state index in [1.165, 1.54) is 86.0 Å². The van der Waals surface area contributed by atoms with Gasteiger partial charge in [0.1, 0.15) is 9.79 Å². The monoisotopic (exact) mass is 1220 g/mol. The van der Waals surface area contributed by atoms with Crippen molar-refractivity contribution in [3.63, 3.8) is 0 Å². The van der Waals surface area contributed by atoms with Gasteiger partial charge in [0.25, 0.3) is 40.5 Å². The molecular weight excluding hydrogens is 1170 g/mol. The molecule has 80 heavy (non-hydrogen) atoms. The molecular formula is C44H52N12Na4O16S4. The average Bonchev–Trinajstić information content (AvgIpc) is 3.29. The maximum atomic E-state index is 12.9. The molecule has 2 heterocycles. The molecule has 2 aromatic heterocycles. The van der Waals surface area contributed by atoms with Gasteiger partial charge in [0.2, 0.25) is 35.7 Å². The summed E-state index contributed by atoms with van der Waals surface area (Å²) in [6.07, 6.45) is -1.48. The summed E-state index contributed by atoms with van der Waals surface area (Å²) >= 11 is 0. The molecule has 0 saturated heterocycles. The van der Waals surface area contributed by atoms with Crippen molar-refractivity contribution >= 4 is 229 Å². The van der Waals surface area contributed by atoms with Crippen molar-refractivity contribution in [1.29, 1.82) is 0 Å². The van der Waals surface area contributed by atoms with Crippen molar-refractivity contribution in [2.45, 2.75) is 71.7 Å². The summed E-state index contributed by atoms with van der Waals surface area (Å²) in [5.41, 5.74) is 0.108. The normalized spacial score (nSPS) is 13.2. The van der Waals surface area contributed by atoms with Gasteiger partial charge in [-0.1, -0.05) is 24.3 Å². The van der Waals surface area contributed by atoms with E-state index in [2.05, 4.69) is 51.2 Å². The molecule has 6 rings (SSSR count). The minimum absolute atomic E-state index is 0. The smallest absolute Gasteiger partial charge is 0.295 e. The Kier molecular flexibility index (Phi) is 28.5. The Labute approximate surface area is 550 Å². The first kappa shape index (κ1) is 73.0. The number of rotatable bonds is 24. The number of aliphatic hydroxyl groups is 4. The molecule has 4 unspecified atom stereocenters. The Morgan fingerprint density at radius 1 is 0.400 bits per heavy atom. The SMILES string of the molecule is CC(O)CN(CC(C)O)c1nc(Nc2ccc(S(=O)(=O)O)cc2)nc(Nc2ccc(C=Cc3ccc(Nc4nc(Nc5ccc(S(=O)(=O)O)cc5)nc(N(CC(C)O)CC(C)O)n4)cc3S(=O)(=O)O)c(S(=O)(=O)O)c2)n1.[Na].[Na].[Na].[Na]. The fraction of sp³-hybridized carbons (Fsp3) is 0.273. The molecule has 36 heteroatoms. The van der Waals surface area contributed by atoms with Crippen molar-refractivity contribution in [2.75, 3.05) is 57.2 Å². The van der Waals surface area contributed by atoms with E-state index < -0.39 is 84.5 Å². The summed E-state index contributed by atoms with van der Waals surface area (Å²) < 4.78 is 137. The first-order chi connectivity index (χ1) is 35.4. The van der Waals surface area contributed by atoms with E-state index in [9.17, 15) is 72.3 Å². The molecule has 0 saturated carbocycles. The van der Waals surface area contributed by atoms with E-state index in [0.29, 0.717) is 0 Å². The van der Waals surface area contributed by atoms with E-state index in [1.54, 1.807) is 0 Å². The van der Waals surface area contributed by atoms with Gasteiger partial charge in [-0.25, -0.2) is 0 Å². The van der Waals surface area contributed by atoms with E-state index in [4.69, 9.17) is 0 Å². The molecule has 0 aliphatic rings. The summed E-state index contributed by atoms with van der Waals surface area (Å²) in [5.74, 6) is -0.949. The van der Waals surface area contributed by atoms with Crippen LogP contribution in [0.25, 0.3) is 12.2 Å². The number of hydrogen-bond donors (Lipinski definition) is 12. The number of aromatic nitrogens is 6. The van der Waals surface area contributed by atoms with E-state index in [-0.39, 0.29) is 214 Å². The van der Waals surface area contributed by atoms with Crippen molar-refractivity contribution in [3.05, 3.63) is 96.1 Å². The van der Waals surface area contributed by atoms with Gasteiger partial charge in [-0.05, 0) is 112 Å². The second-order valence-electron chi connectivity index (χ2n) is 17.1. The predicted molar refractivity (Wildman–Crippen MR) is 301 cm³/mol. The molecule has 412 valence electrons. The summed E-state index contributed by atoms with van der Waals surface area (Å²) in [5, 5.41) is 52.3. The number of benzene rings is 4. The van der Waals surface area contributed by atoms with Crippen LogP contribution >= 0.6 is 0 Å². The van der Waals surface area contributed by atoms with Crippen LogP contribution in [0.1, 0.15) is 38.8 Å². The second kappa shape index (κ2) is 31.2. The zero-order valence-electron chi connectivity index (χ0n) is 44.4. The fourth-order valence-corrected chi connectivity index (χ4v) is 9.43. The Balaban J connectivity index is 0.00000547. The van der Waals surface area contributed by atoms with Gasteiger partial charge in [-0.15, -0.1) is 0 Å². The van der Waals surface area contributed by atoms with E-state index >= 15 is 0 Å². The standard InChI is InChI=1S/C44H52N12O16S4.4Na/c1-25(57)21-55(22-26(2)58)43-51-39(45-31-11-15-35(16-12-31)73(61,62)63)49-41(53-43)47-33-9-7-29(37(19-33)75(67,68)69)5-6-30-8-10-34(20-38(30)76(70,71)72)48-42-50-40(46-32-13-17-36(18-14-32)74(64,65)66)52-44(54-42)56(23-27(3)59)24-28(4)60;;;;/h5-20,25-28,57-60H,21-24H2,1-4H3,(H,61,62,63)(H,64,65,66)(H,67,68,69)(H,70,71,72)(H2,45,47,49,51,53)(H2,46,48,50,52,54);;;;. The van der Waals surface area contributed by atoms with Gasteiger partial charge in [-0.2, -0.15) is 63.6 Å². The van der Waals surface area contributed by atoms with Crippen LogP contribution in [-0.2, 0) is 40.5 Å². The van der Waals surface area contributed by atoms with Crippen LogP contribution in [-0.4, -0.2) is 271 Å². The summed E-state index contributed by atoms with van der Waals surface area (Å²) in [4.78, 5) is 26.9. The van der Waals surface area contributed by atoms with Gasteiger partial charge in [-0.3, -0.25) is 18.2 Å². The molecule has 0 amide bonds. The van der Waals surface area contributed by atoms with Crippen LogP contribution in [0.4, 0.5) is 58.4 Å². The van der Waals surface area contributed by atoms with Gasteiger partial charge in [0.05, 0.1) is 34.2 Å². The third-order valence-corrected chi connectivity index (χ3v) is 13.7. The van der Waals surface area contributed by atoms with Crippen molar-refractivity contribution in [1.82, 2.24) is 29.9 Å². The van der Waals surface area contributed by atoms with Crippen molar-refractivity contribution in [2.24, 2.45) is 0 Å². The zero-order chi connectivity index (χ0) is 55.9. The average molecular weight is 1230 g/mol. The van der Waals surface area contributed by atoms with Crippen LogP contribution < -0.4 is 31.1 Å². The zero-order valence-corrected chi connectivity index (χ0v) is 55.7. The third-order valence-electron chi connectivity index (χ3n) is 10.1. The van der Waals surface area contributed by atoms with Gasteiger partial charge in [0, 0.05) is 167 Å². The third kappa shape index (κ3) is 22.2. The van der Waals surface area contributed by atoms with E-state index in [1.807, 2.05) is 0 Å². The summed E-state index contributed by atoms with van der Waals surface area (Å²) in [7, 11) is -19.1. The van der Waals surface area contributed by atoms with Crippen LogP contribution in [0.3, 0.4) is 0 Å². The van der Waals surface area contributed by atoms with Gasteiger partial charge < -0.3 is 51.5 Å². The first-order valence-electron chi connectivity index (χ1n) is 22.3. The topological polar surface area (TPSA) is 430 Å². The minimum atomic E-state index is -5.05. The van der Waals surface area contributed by atoms with Gasteiger partial charge >= 0.3 is 0 Å². The number of nitrogens with zero attached hydrogens (tertiary/aromatic N) is 8. The summed E-state index contributed by atoms with van der Waals surface area (Å²) in [6, 6.07) is 16.9. The van der Waals surface area contributed by atoms with Crippen LogP contribution in [0.2, 0.25) is 0 Å². The predicted octanol–water partition coefficient (Wildman–Crippen LogP) is 1.80. The Hall–Kier alpha value is -3.08. The molecule has 0 aliphatic heterocycles. The second-order valence-corrected chi connectivity index (χ2v) is 22.7. The van der Waals surface area contributed by atoms with E-state index in [0.717, 1.165) is 48.6 Å². The number of nitrogens with one attached hydrogen (secondary N) is 4. The molecule has 4 aromatic carbocycles. The van der Waals surface area contributed by atoms with Crippen LogP contribution in [0.5, 0.6) is 0 Å². The van der Waals surface area contributed by atoms with Crippen LogP contribution in [0.15, 0.2) is 105 Å². The van der Waals surface area contributed by atoms with Gasteiger partial charge in [0.15, 0.2) is 0 Å². The maximum Gasteiger partial charge on any atom is 0.295 e. The number of aliphatic hydroxyl groups excluding tert-OH is 4. The van der Waals surface area contributed by atoms with Crippen molar-refractivity contribution < 1.29 is 72.3 Å². The maximum absolute atomic E-state index is 12.9. The quantitative estimate of drug-likeness (QED) is 0.0233. The summed E-state index contributed by atoms with van der Waals surface area (Å²) in [6.45, 7) is 5.67. The first-order valence-corrected chi connectivity index (χ1v) is 28.0. The molecule has 28 nitrogen and oxygen atoms in total. The largest absolute Gasteiger partial charge is 0.392 e. The Morgan fingerprint density at radius 2 is 0.650 bits per heavy atom. The molecule has 0 fully saturated rings. The fourth-order valence-electron chi connectivity index (χ4n) is 7.05.